The minimum absolute atomic E-state index is 0.0894. The Bertz CT molecular complexity index is 457. The fourth-order valence-corrected chi connectivity index (χ4v) is 1.14. The highest BCUT2D eigenvalue weighted by Gasteiger charge is 2.02. The van der Waals surface area contributed by atoms with E-state index in [9.17, 15) is 4.79 Å². The molecule has 72 valence electrons. The molecule has 14 heavy (non-hydrogen) atoms. The Morgan fingerprint density at radius 1 is 1.71 bits per heavy atom. The van der Waals surface area contributed by atoms with Crippen molar-refractivity contribution in [3.8, 4) is 6.07 Å². The lowest BCUT2D eigenvalue weighted by Crippen LogP contribution is -2.21. The summed E-state index contributed by atoms with van der Waals surface area (Å²) in [4.78, 5) is 11.5. The van der Waals surface area contributed by atoms with E-state index >= 15 is 0 Å². The van der Waals surface area contributed by atoms with E-state index in [0.29, 0.717) is 5.03 Å². The average molecular weight is 229 g/mol. The van der Waals surface area contributed by atoms with Gasteiger partial charge in [-0.05, 0) is 12.1 Å². The number of aromatic nitrogens is 1. The SMILES string of the molecule is N#Cc1cccn(C/C(Cl)=C\Cl)c1=O. The summed E-state index contributed by atoms with van der Waals surface area (Å²) in [6, 6.07) is 4.86. The second-order valence-electron chi connectivity index (χ2n) is 2.52. The third-order valence-electron chi connectivity index (χ3n) is 1.58. The van der Waals surface area contributed by atoms with Gasteiger partial charge in [0.25, 0.3) is 5.56 Å². The molecule has 0 aliphatic heterocycles. The molecule has 0 aliphatic carbocycles. The lowest BCUT2D eigenvalue weighted by atomic mass is 10.3. The number of nitrogens with zero attached hydrogens (tertiary/aromatic N) is 2. The molecule has 5 heteroatoms. The highest BCUT2D eigenvalue weighted by molar-refractivity contribution is 6.36. The van der Waals surface area contributed by atoms with Gasteiger partial charge in [-0.3, -0.25) is 4.79 Å². The van der Waals surface area contributed by atoms with Crippen LogP contribution in [0.5, 0.6) is 0 Å². The number of allylic oxidation sites excluding steroid dienone is 1. The molecule has 3 nitrogen and oxygen atoms in total. The monoisotopic (exact) mass is 228 g/mol. The van der Waals surface area contributed by atoms with Crippen molar-refractivity contribution < 1.29 is 0 Å². The molecular weight excluding hydrogens is 223 g/mol. The lowest BCUT2D eigenvalue weighted by Gasteiger charge is -2.03. The first-order chi connectivity index (χ1) is 6.69. The Morgan fingerprint density at radius 2 is 2.43 bits per heavy atom. The summed E-state index contributed by atoms with van der Waals surface area (Å²) in [7, 11) is 0. The summed E-state index contributed by atoms with van der Waals surface area (Å²) in [5.74, 6) is 0. The van der Waals surface area contributed by atoms with Crippen LogP contribution >= 0.6 is 23.2 Å². The van der Waals surface area contributed by atoms with E-state index in [1.165, 1.54) is 16.2 Å². The number of nitriles is 1. The Labute approximate surface area is 90.8 Å². The van der Waals surface area contributed by atoms with Crippen molar-refractivity contribution in [3.63, 3.8) is 0 Å². The van der Waals surface area contributed by atoms with Gasteiger partial charge in [0.05, 0.1) is 6.54 Å². The maximum atomic E-state index is 11.5. The molecule has 0 unspecified atom stereocenters. The summed E-state index contributed by atoms with van der Waals surface area (Å²) in [5.41, 5.74) is 0.908. The summed E-state index contributed by atoms with van der Waals surface area (Å²) in [5, 5.41) is 8.93. The second-order valence-corrected chi connectivity index (χ2v) is 3.23. The van der Waals surface area contributed by atoms with Crippen LogP contribution in [0.1, 0.15) is 5.56 Å². The van der Waals surface area contributed by atoms with Crippen molar-refractivity contribution in [1.29, 1.82) is 5.26 Å². The van der Waals surface area contributed by atoms with E-state index in [1.807, 2.05) is 0 Å². The predicted octanol–water partition coefficient (Wildman–Crippen LogP) is 2.04. The summed E-state index contributed by atoms with van der Waals surface area (Å²) >= 11 is 11.0. The molecule has 0 saturated heterocycles. The molecule has 1 aromatic rings. The zero-order valence-electron chi connectivity index (χ0n) is 7.08. The summed E-state index contributed by atoms with van der Waals surface area (Å²) < 4.78 is 1.32. The van der Waals surface area contributed by atoms with Crippen LogP contribution in [0.4, 0.5) is 0 Å². The van der Waals surface area contributed by atoms with E-state index in [-0.39, 0.29) is 17.7 Å². The maximum absolute atomic E-state index is 11.5. The van der Waals surface area contributed by atoms with E-state index in [2.05, 4.69) is 0 Å². The predicted molar refractivity (Wildman–Crippen MR) is 55.2 cm³/mol. The van der Waals surface area contributed by atoms with Crippen molar-refractivity contribution in [1.82, 2.24) is 4.57 Å². The van der Waals surface area contributed by atoms with Gasteiger partial charge in [0, 0.05) is 16.8 Å². The number of pyridine rings is 1. The third kappa shape index (κ3) is 2.38. The summed E-state index contributed by atoms with van der Waals surface area (Å²) in [6.45, 7) is 0.180. The third-order valence-corrected chi connectivity index (χ3v) is 2.18. The molecule has 0 saturated carbocycles. The average Bonchev–Trinajstić information content (AvgIpc) is 2.21. The lowest BCUT2D eigenvalue weighted by molar-refractivity contribution is 0.767. The molecule has 0 atom stereocenters. The van der Waals surface area contributed by atoms with Gasteiger partial charge in [0.15, 0.2) is 0 Å². The van der Waals surface area contributed by atoms with Crippen molar-refractivity contribution in [2.45, 2.75) is 6.54 Å². The molecule has 1 heterocycles. The molecule has 0 fully saturated rings. The zero-order valence-corrected chi connectivity index (χ0v) is 8.59. The fraction of sp³-hybridized carbons (Fsp3) is 0.111. The van der Waals surface area contributed by atoms with Gasteiger partial charge in [-0.1, -0.05) is 23.2 Å². The van der Waals surface area contributed by atoms with Crippen LogP contribution in [-0.4, -0.2) is 4.57 Å². The van der Waals surface area contributed by atoms with Gasteiger partial charge >= 0.3 is 0 Å². The van der Waals surface area contributed by atoms with Crippen LogP contribution in [-0.2, 0) is 6.54 Å². The van der Waals surface area contributed by atoms with Crippen LogP contribution < -0.4 is 5.56 Å². The molecule has 0 radical (unpaired) electrons. The quantitative estimate of drug-likeness (QED) is 0.778. The Hall–Kier alpha value is -1.24. The molecule has 0 amide bonds. The topological polar surface area (TPSA) is 45.8 Å². The highest BCUT2D eigenvalue weighted by atomic mass is 35.5. The first-order valence-electron chi connectivity index (χ1n) is 3.73. The minimum atomic E-state index is -0.369. The normalized spacial score (nSPS) is 11.1. The smallest absolute Gasteiger partial charge is 0.268 e. The largest absolute Gasteiger partial charge is 0.309 e. The highest BCUT2D eigenvalue weighted by Crippen LogP contribution is 2.05. The first kappa shape index (κ1) is 10.8. The summed E-state index contributed by atoms with van der Waals surface area (Å²) in [6.07, 6.45) is 1.55. The van der Waals surface area contributed by atoms with Crippen molar-refractivity contribution in [2.75, 3.05) is 0 Å². The van der Waals surface area contributed by atoms with Crippen LogP contribution in [0.2, 0.25) is 0 Å². The van der Waals surface area contributed by atoms with E-state index < -0.39 is 0 Å². The molecule has 0 aromatic carbocycles. The molecule has 0 aliphatic rings. The number of hydrogen-bond acceptors (Lipinski definition) is 2. The van der Waals surface area contributed by atoms with Crippen molar-refractivity contribution in [3.05, 3.63) is 44.8 Å². The number of halogens is 2. The molecule has 0 bridgehead atoms. The molecule has 0 spiro atoms. The molecule has 0 N–H and O–H groups in total. The first-order valence-corrected chi connectivity index (χ1v) is 4.54. The van der Waals surface area contributed by atoms with Crippen molar-refractivity contribution >= 4 is 23.2 Å². The molecule has 1 aromatic heterocycles. The zero-order chi connectivity index (χ0) is 10.6. The molecular formula is C9H6Cl2N2O. The standard InChI is InChI=1S/C9H6Cl2N2O/c10-4-8(11)6-13-3-1-2-7(5-12)9(13)14/h1-4H,6H2/b8-4+. The van der Waals surface area contributed by atoms with E-state index in [4.69, 9.17) is 28.5 Å². The second kappa shape index (κ2) is 4.85. The van der Waals surface area contributed by atoms with Gasteiger partial charge in [-0.2, -0.15) is 5.26 Å². The fourth-order valence-electron chi connectivity index (χ4n) is 0.944. The van der Waals surface area contributed by atoms with E-state index in [1.54, 1.807) is 18.3 Å². The van der Waals surface area contributed by atoms with Crippen LogP contribution in [0.3, 0.4) is 0 Å². The Kier molecular flexibility index (Phi) is 3.75. The maximum Gasteiger partial charge on any atom is 0.268 e. The number of rotatable bonds is 2. The van der Waals surface area contributed by atoms with Crippen molar-refractivity contribution in [2.24, 2.45) is 0 Å². The van der Waals surface area contributed by atoms with Gasteiger partial charge in [-0.25, -0.2) is 0 Å². The number of hydrogen-bond donors (Lipinski definition) is 0. The van der Waals surface area contributed by atoms with E-state index in [0.717, 1.165) is 0 Å². The van der Waals surface area contributed by atoms with Gasteiger partial charge < -0.3 is 4.57 Å². The minimum Gasteiger partial charge on any atom is -0.309 e. The van der Waals surface area contributed by atoms with Crippen LogP contribution in [0, 0.1) is 11.3 Å². The van der Waals surface area contributed by atoms with Gasteiger partial charge in [0.2, 0.25) is 0 Å². The van der Waals surface area contributed by atoms with Gasteiger partial charge in [0.1, 0.15) is 11.6 Å². The van der Waals surface area contributed by atoms with Crippen LogP contribution in [0.25, 0.3) is 0 Å². The Morgan fingerprint density at radius 3 is 3.00 bits per heavy atom. The Balaban J connectivity index is 3.13. The molecule has 1 rings (SSSR count). The van der Waals surface area contributed by atoms with Crippen LogP contribution in [0.15, 0.2) is 33.7 Å². The van der Waals surface area contributed by atoms with Gasteiger partial charge in [-0.15, -0.1) is 0 Å².